The van der Waals surface area contributed by atoms with Gasteiger partial charge in [0.25, 0.3) is 10.0 Å². The molecule has 1 atom stereocenters. The fourth-order valence-corrected chi connectivity index (χ4v) is 6.21. The molecule has 0 unspecified atom stereocenters. The van der Waals surface area contributed by atoms with Gasteiger partial charge in [0.2, 0.25) is 5.91 Å². The number of hydrogen-bond acceptors (Lipinski definition) is 4. The summed E-state index contributed by atoms with van der Waals surface area (Å²) in [6.45, 7) is 0.294. The monoisotopic (exact) mass is 466 g/mol. The SMILES string of the molecule is O=C(C[C@H]1CCCCN1S(=O)(=O)c1cccs1)Nc1cc(C(F)(F)F)ccc1Cl. The second-order valence-electron chi connectivity index (χ2n) is 6.64. The number of carbonyl (C=O) groups excluding carboxylic acids is 1. The number of thiophene rings is 1. The summed E-state index contributed by atoms with van der Waals surface area (Å²) < 4.78 is 65.9. The Balaban J connectivity index is 1.76. The van der Waals surface area contributed by atoms with Crippen molar-refractivity contribution in [2.24, 2.45) is 0 Å². The van der Waals surface area contributed by atoms with Gasteiger partial charge in [-0.25, -0.2) is 8.42 Å². The molecule has 1 amide bonds. The highest BCUT2D eigenvalue weighted by Crippen LogP contribution is 2.34. The molecule has 0 spiro atoms. The van der Waals surface area contributed by atoms with Gasteiger partial charge in [-0.05, 0) is 42.5 Å². The van der Waals surface area contributed by atoms with Gasteiger partial charge in [0, 0.05) is 19.0 Å². The van der Waals surface area contributed by atoms with Gasteiger partial charge in [0.05, 0.1) is 16.3 Å². The summed E-state index contributed by atoms with van der Waals surface area (Å²) in [5.74, 6) is -0.593. The van der Waals surface area contributed by atoms with E-state index in [4.69, 9.17) is 11.6 Å². The summed E-state index contributed by atoms with van der Waals surface area (Å²) in [6.07, 6.45) is -2.80. The number of anilines is 1. The maximum absolute atomic E-state index is 12.9. The van der Waals surface area contributed by atoms with E-state index in [0.29, 0.717) is 19.4 Å². The van der Waals surface area contributed by atoms with Gasteiger partial charge < -0.3 is 5.32 Å². The first-order valence-corrected chi connectivity index (χ1v) is 11.5. The highest BCUT2D eigenvalue weighted by atomic mass is 35.5. The lowest BCUT2D eigenvalue weighted by atomic mass is 10.0. The maximum atomic E-state index is 12.9. The van der Waals surface area contributed by atoms with Gasteiger partial charge >= 0.3 is 6.18 Å². The van der Waals surface area contributed by atoms with Crippen LogP contribution in [-0.2, 0) is 21.0 Å². The Labute approximate surface area is 175 Å². The van der Waals surface area contributed by atoms with Gasteiger partial charge in [-0.3, -0.25) is 4.79 Å². The average molecular weight is 467 g/mol. The van der Waals surface area contributed by atoms with Crippen LogP contribution in [0.4, 0.5) is 18.9 Å². The molecule has 3 rings (SSSR count). The van der Waals surface area contributed by atoms with Crippen molar-refractivity contribution in [1.29, 1.82) is 0 Å². The fourth-order valence-electron chi connectivity index (χ4n) is 3.23. The smallest absolute Gasteiger partial charge is 0.325 e. The second-order valence-corrected chi connectivity index (χ2v) is 10.1. The van der Waals surface area contributed by atoms with Crippen molar-refractivity contribution >= 4 is 44.6 Å². The van der Waals surface area contributed by atoms with Crippen molar-refractivity contribution in [3.63, 3.8) is 0 Å². The number of benzene rings is 1. The molecule has 1 aliphatic heterocycles. The molecule has 1 aromatic heterocycles. The number of carbonyl (C=O) groups is 1. The van der Waals surface area contributed by atoms with E-state index in [1.54, 1.807) is 11.4 Å². The van der Waals surface area contributed by atoms with Gasteiger partial charge in [-0.2, -0.15) is 17.5 Å². The highest BCUT2D eigenvalue weighted by Gasteiger charge is 2.35. The Morgan fingerprint density at radius 3 is 2.69 bits per heavy atom. The number of rotatable bonds is 5. The Morgan fingerprint density at radius 2 is 2.03 bits per heavy atom. The number of amides is 1. The lowest BCUT2D eigenvalue weighted by Crippen LogP contribution is -2.45. The first kappa shape index (κ1) is 22.1. The number of alkyl halides is 3. The summed E-state index contributed by atoms with van der Waals surface area (Å²) in [6, 6.07) is 5.23. The van der Waals surface area contributed by atoms with Crippen LogP contribution < -0.4 is 5.32 Å². The van der Waals surface area contributed by atoms with E-state index in [1.807, 2.05) is 0 Å². The van der Waals surface area contributed by atoms with Crippen LogP contribution in [0.3, 0.4) is 0 Å². The molecule has 0 aliphatic carbocycles. The van der Waals surface area contributed by atoms with E-state index in [2.05, 4.69) is 5.32 Å². The van der Waals surface area contributed by atoms with Crippen LogP contribution in [-0.4, -0.2) is 31.2 Å². The van der Waals surface area contributed by atoms with Crippen molar-refractivity contribution < 1.29 is 26.4 Å². The molecule has 1 aromatic carbocycles. The Bertz CT molecular complexity index is 979. The zero-order valence-corrected chi connectivity index (χ0v) is 17.5. The van der Waals surface area contributed by atoms with Gasteiger partial charge in [-0.1, -0.05) is 24.1 Å². The number of piperidine rings is 1. The topological polar surface area (TPSA) is 66.5 Å². The van der Waals surface area contributed by atoms with Crippen LogP contribution >= 0.6 is 22.9 Å². The summed E-state index contributed by atoms with van der Waals surface area (Å²) in [5.41, 5.74) is -1.09. The zero-order chi connectivity index (χ0) is 21.2. The largest absolute Gasteiger partial charge is 0.416 e. The van der Waals surface area contributed by atoms with Crippen LogP contribution in [0.5, 0.6) is 0 Å². The molecule has 0 radical (unpaired) electrons. The second kappa shape index (κ2) is 8.63. The number of nitrogens with zero attached hydrogens (tertiary/aromatic N) is 1. The third-order valence-corrected chi connectivity index (χ3v) is 8.27. The van der Waals surface area contributed by atoms with E-state index in [0.717, 1.165) is 36.0 Å². The van der Waals surface area contributed by atoms with E-state index < -0.39 is 33.7 Å². The third kappa shape index (κ3) is 5.11. The number of halogens is 4. The molecule has 1 saturated heterocycles. The molecular formula is C18H18ClF3N2O3S2. The van der Waals surface area contributed by atoms with Crippen LogP contribution in [0.25, 0.3) is 0 Å². The Kier molecular flexibility index (Phi) is 6.57. The highest BCUT2D eigenvalue weighted by molar-refractivity contribution is 7.91. The quantitative estimate of drug-likeness (QED) is 0.674. The minimum atomic E-state index is -4.57. The summed E-state index contributed by atoms with van der Waals surface area (Å²) >= 11 is 7.01. The van der Waals surface area contributed by atoms with E-state index in [-0.39, 0.29) is 21.3 Å². The van der Waals surface area contributed by atoms with Crippen LogP contribution in [0.2, 0.25) is 5.02 Å². The normalized spacial score (nSPS) is 18.6. The number of nitrogens with one attached hydrogen (secondary N) is 1. The molecule has 1 N–H and O–H groups in total. The average Bonchev–Trinajstić information content (AvgIpc) is 3.18. The molecule has 158 valence electrons. The molecule has 29 heavy (non-hydrogen) atoms. The standard InChI is InChI=1S/C18H18ClF3N2O3S2/c19-14-7-6-12(18(20,21)22)10-15(14)23-16(25)11-13-4-1-2-8-24(13)29(26,27)17-5-3-9-28-17/h3,5-7,9-10,13H,1-2,4,8,11H2,(H,23,25)/t13-/m1/s1. The summed E-state index contributed by atoms with van der Waals surface area (Å²) in [5, 5.41) is 4.02. The molecule has 1 aliphatic rings. The number of sulfonamides is 1. The Morgan fingerprint density at radius 1 is 1.28 bits per heavy atom. The lowest BCUT2D eigenvalue weighted by molar-refractivity contribution is -0.137. The van der Waals surface area contributed by atoms with Crippen molar-refractivity contribution in [3.8, 4) is 0 Å². The van der Waals surface area contributed by atoms with Crippen molar-refractivity contribution in [3.05, 3.63) is 46.3 Å². The molecule has 0 bridgehead atoms. The van der Waals surface area contributed by atoms with Crippen LogP contribution in [0, 0.1) is 0 Å². The molecular weight excluding hydrogens is 449 g/mol. The molecule has 5 nitrogen and oxygen atoms in total. The Hall–Kier alpha value is -1.62. The molecule has 2 heterocycles. The predicted octanol–water partition coefficient (Wildman–Crippen LogP) is 4.99. The molecule has 0 saturated carbocycles. The number of hydrogen-bond donors (Lipinski definition) is 1. The maximum Gasteiger partial charge on any atom is 0.416 e. The molecule has 1 fully saturated rings. The van der Waals surface area contributed by atoms with E-state index in [9.17, 15) is 26.4 Å². The van der Waals surface area contributed by atoms with Crippen molar-refractivity contribution in [2.45, 2.75) is 42.1 Å². The van der Waals surface area contributed by atoms with Gasteiger partial charge in [0.15, 0.2) is 0 Å². The van der Waals surface area contributed by atoms with Crippen LogP contribution in [0.1, 0.15) is 31.2 Å². The van der Waals surface area contributed by atoms with Gasteiger partial charge in [-0.15, -0.1) is 11.3 Å². The van der Waals surface area contributed by atoms with E-state index in [1.165, 1.54) is 10.4 Å². The minimum Gasteiger partial charge on any atom is -0.325 e. The first-order valence-electron chi connectivity index (χ1n) is 8.81. The summed E-state index contributed by atoms with van der Waals surface area (Å²) in [4.78, 5) is 12.5. The zero-order valence-electron chi connectivity index (χ0n) is 15.1. The first-order chi connectivity index (χ1) is 13.6. The third-order valence-electron chi connectivity index (χ3n) is 4.62. The van der Waals surface area contributed by atoms with Crippen molar-refractivity contribution in [2.75, 3.05) is 11.9 Å². The van der Waals surface area contributed by atoms with Crippen molar-refractivity contribution in [1.82, 2.24) is 4.31 Å². The molecule has 11 heteroatoms. The molecule has 2 aromatic rings. The summed E-state index contributed by atoms with van der Waals surface area (Å²) in [7, 11) is -3.72. The predicted molar refractivity (Wildman–Crippen MR) is 106 cm³/mol. The van der Waals surface area contributed by atoms with E-state index >= 15 is 0 Å². The van der Waals surface area contributed by atoms with Crippen LogP contribution in [0.15, 0.2) is 39.9 Å². The lowest BCUT2D eigenvalue weighted by Gasteiger charge is -2.34. The fraction of sp³-hybridized carbons (Fsp3) is 0.389. The van der Waals surface area contributed by atoms with Gasteiger partial charge in [0.1, 0.15) is 4.21 Å². The minimum absolute atomic E-state index is 0.0296.